The second-order valence-corrected chi connectivity index (χ2v) is 3.76. The van der Waals surface area contributed by atoms with Gasteiger partial charge < -0.3 is 15.0 Å². The van der Waals surface area contributed by atoms with Crippen molar-refractivity contribution in [1.82, 2.24) is 10.2 Å². The van der Waals surface area contributed by atoms with Gasteiger partial charge in [-0.1, -0.05) is 0 Å². The van der Waals surface area contributed by atoms with Gasteiger partial charge in [0.2, 0.25) is 5.91 Å². The van der Waals surface area contributed by atoms with Crippen LogP contribution in [-0.4, -0.2) is 56.4 Å². The summed E-state index contributed by atoms with van der Waals surface area (Å²) in [5.41, 5.74) is 0. The first-order valence-electron chi connectivity index (χ1n) is 5.01. The predicted molar refractivity (Wildman–Crippen MR) is 58.2 cm³/mol. The topological polar surface area (TPSA) is 41.6 Å². The number of amides is 1. The molecule has 0 aliphatic carbocycles. The number of ether oxygens (including phenoxy) is 1. The number of hydrogen-bond donors (Lipinski definition) is 1. The molecule has 0 spiro atoms. The summed E-state index contributed by atoms with van der Waals surface area (Å²) < 4.78 is 39.5. The second kappa shape index (κ2) is 7.03. The van der Waals surface area contributed by atoms with Gasteiger partial charge in [-0.25, -0.2) is 0 Å². The highest BCUT2D eigenvalue weighted by molar-refractivity contribution is 5.85. The highest BCUT2D eigenvalue weighted by Crippen LogP contribution is 2.14. The standard InChI is InChI=1S/C9H15F3N2O2.ClH/c1-14(7-2-3-13-4-7)8(15)5-16-6-9(10,11)12;/h7,13H,2-6H2,1H3;1H. The van der Waals surface area contributed by atoms with Gasteiger partial charge in [0.1, 0.15) is 13.2 Å². The van der Waals surface area contributed by atoms with E-state index in [0.29, 0.717) is 6.54 Å². The largest absolute Gasteiger partial charge is 0.411 e. The molecule has 0 bridgehead atoms. The molecule has 17 heavy (non-hydrogen) atoms. The van der Waals surface area contributed by atoms with Gasteiger partial charge in [0.15, 0.2) is 0 Å². The number of alkyl halides is 3. The maximum absolute atomic E-state index is 11.7. The van der Waals surface area contributed by atoms with Crippen molar-refractivity contribution in [1.29, 1.82) is 0 Å². The molecule has 1 fully saturated rings. The number of carbonyl (C=O) groups is 1. The first-order chi connectivity index (χ1) is 7.40. The minimum Gasteiger partial charge on any atom is -0.362 e. The van der Waals surface area contributed by atoms with Gasteiger partial charge in [0, 0.05) is 19.6 Å². The van der Waals surface area contributed by atoms with E-state index in [1.807, 2.05) is 0 Å². The van der Waals surface area contributed by atoms with Crippen LogP contribution >= 0.6 is 12.4 Å². The van der Waals surface area contributed by atoms with Crippen LogP contribution in [0.15, 0.2) is 0 Å². The number of carbonyl (C=O) groups excluding carboxylic acids is 1. The molecule has 0 radical (unpaired) electrons. The first kappa shape index (κ1) is 16.5. The van der Waals surface area contributed by atoms with E-state index in [1.165, 1.54) is 4.90 Å². The second-order valence-electron chi connectivity index (χ2n) is 3.76. The number of hydrogen-bond acceptors (Lipinski definition) is 3. The van der Waals surface area contributed by atoms with E-state index in [4.69, 9.17) is 0 Å². The SMILES string of the molecule is CN(C(=O)COCC(F)(F)F)C1CCNC1.Cl. The Morgan fingerprint density at radius 3 is 2.65 bits per heavy atom. The number of halogens is 4. The highest BCUT2D eigenvalue weighted by Gasteiger charge is 2.29. The molecule has 8 heteroatoms. The lowest BCUT2D eigenvalue weighted by molar-refractivity contribution is -0.177. The Morgan fingerprint density at radius 2 is 2.18 bits per heavy atom. The molecule has 0 aromatic carbocycles. The molecule has 0 aromatic heterocycles. The van der Waals surface area contributed by atoms with Crippen molar-refractivity contribution in [3.8, 4) is 0 Å². The van der Waals surface area contributed by atoms with Crippen molar-refractivity contribution in [2.24, 2.45) is 0 Å². The fourth-order valence-corrected chi connectivity index (χ4v) is 1.53. The van der Waals surface area contributed by atoms with E-state index >= 15 is 0 Å². The Bertz CT molecular complexity index is 245. The Labute approximate surface area is 104 Å². The van der Waals surface area contributed by atoms with Crippen molar-refractivity contribution < 1.29 is 22.7 Å². The molecule has 1 aliphatic heterocycles. The summed E-state index contributed by atoms with van der Waals surface area (Å²) in [5, 5.41) is 3.07. The zero-order valence-electron chi connectivity index (χ0n) is 9.42. The van der Waals surface area contributed by atoms with E-state index in [1.54, 1.807) is 7.05 Å². The molecule has 1 amide bonds. The fourth-order valence-electron chi connectivity index (χ4n) is 1.53. The third kappa shape index (κ3) is 6.09. The number of rotatable bonds is 4. The van der Waals surface area contributed by atoms with Crippen molar-refractivity contribution in [3.05, 3.63) is 0 Å². The molecule has 1 rings (SSSR count). The Balaban J connectivity index is 0.00000256. The van der Waals surface area contributed by atoms with E-state index in [2.05, 4.69) is 10.1 Å². The summed E-state index contributed by atoms with van der Waals surface area (Å²) in [6, 6.07) is 0.0574. The molecule has 0 aromatic rings. The number of likely N-dealkylation sites (N-methyl/N-ethyl adjacent to an activating group) is 1. The zero-order chi connectivity index (χ0) is 12.2. The lowest BCUT2D eigenvalue weighted by atomic mass is 10.2. The summed E-state index contributed by atoms with van der Waals surface area (Å²) in [7, 11) is 1.58. The summed E-state index contributed by atoms with van der Waals surface area (Å²) in [6.45, 7) is -0.394. The zero-order valence-corrected chi connectivity index (χ0v) is 10.2. The van der Waals surface area contributed by atoms with Gasteiger partial charge in [-0.2, -0.15) is 13.2 Å². The predicted octanol–water partition coefficient (Wildman–Crippen LogP) is 0.807. The van der Waals surface area contributed by atoms with Crippen LogP contribution in [-0.2, 0) is 9.53 Å². The van der Waals surface area contributed by atoms with Crippen molar-refractivity contribution in [2.75, 3.05) is 33.4 Å². The van der Waals surface area contributed by atoms with Gasteiger partial charge in [-0.3, -0.25) is 4.79 Å². The molecule has 1 aliphatic rings. The number of nitrogens with zero attached hydrogens (tertiary/aromatic N) is 1. The van der Waals surface area contributed by atoms with Crippen molar-refractivity contribution >= 4 is 18.3 Å². The average molecular weight is 277 g/mol. The summed E-state index contributed by atoms with van der Waals surface area (Å²) >= 11 is 0. The molecule has 4 nitrogen and oxygen atoms in total. The van der Waals surface area contributed by atoms with Crippen LogP contribution in [0.4, 0.5) is 13.2 Å². The quantitative estimate of drug-likeness (QED) is 0.826. The number of nitrogens with one attached hydrogen (secondary N) is 1. The van der Waals surface area contributed by atoms with Gasteiger partial charge in [-0.05, 0) is 13.0 Å². The van der Waals surface area contributed by atoms with Gasteiger partial charge in [0.25, 0.3) is 0 Å². The molecule has 0 saturated carbocycles. The van der Waals surface area contributed by atoms with Crippen LogP contribution in [0.1, 0.15) is 6.42 Å². The summed E-state index contributed by atoms with van der Waals surface area (Å²) in [6.07, 6.45) is -3.56. The first-order valence-corrected chi connectivity index (χ1v) is 5.01. The van der Waals surface area contributed by atoms with Crippen molar-refractivity contribution in [2.45, 2.75) is 18.6 Å². The maximum atomic E-state index is 11.7. The Kier molecular flexibility index (Phi) is 6.81. The minimum absolute atomic E-state index is 0. The Hall–Kier alpha value is -0.530. The van der Waals surface area contributed by atoms with Gasteiger partial charge in [-0.15, -0.1) is 12.4 Å². The van der Waals surface area contributed by atoms with Gasteiger partial charge in [0.05, 0.1) is 0 Å². The molecule has 1 unspecified atom stereocenters. The molecule has 1 heterocycles. The lowest BCUT2D eigenvalue weighted by Crippen LogP contribution is -2.40. The summed E-state index contributed by atoms with van der Waals surface area (Å²) in [4.78, 5) is 12.9. The van der Waals surface area contributed by atoms with E-state index in [9.17, 15) is 18.0 Å². The fraction of sp³-hybridized carbons (Fsp3) is 0.889. The van der Waals surface area contributed by atoms with E-state index in [0.717, 1.165) is 13.0 Å². The van der Waals surface area contributed by atoms with Crippen LogP contribution in [0.5, 0.6) is 0 Å². The normalized spacial score (nSPS) is 19.9. The van der Waals surface area contributed by atoms with Crippen molar-refractivity contribution in [3.63, 3.8) is 0 Å². The Morgan fingerprint density at radius 1 is 1.53 bits per heavy atom. The van der Waals surface area contributed by atoms with E-state index < -0.39 is 25.3 Å². The molecule has 1 saturated heterocycles. The summed E-state index contributed by atoms with van der Waals surface area (Å²) in [5.74, 6) is -0.419. The van der Waals surface area contributed by atoms with Crippen LogP contribution in [0.2, 0.25) is 0 Å². The maximum Gasteiger partial charge on any atom is 0.411 e. The molecule has 102 valence electrons. The van der Waals surface area contributed by atoms with Crippen LogP contribution in [0, 0.1) is 0 Å². The third-order valence-corrected chi connectivity index (χ3v) is 2.47. The highest BCUT2D eigenvalue weighted by atomic mass is 35.5. The monoisotopic (exact) mass is 276 g/mol. The molecule has 1 atom stereocenters. The smallest absolute Gasteiger partial charge is 0.362 e. The van der Waals surface area contributed by atoms with Crippen LogP contribution < -0.4 is 5.32 Å². The van der Waals surface area contributed by atoms with Crippen LogP contribution in [0.25, 0.3) is 0 Å². The third-order valence-electron chi connectivity index (χ3n) is 2.47. The average Bonchev–Trinajstić information content (AvgIpc) is 2.67. The molecular weight excluding hydrogens is 261 g/mol. The minimum atomic E-state index is -4.38. The lowest BCUT2D eigenvalue weighted by Gasteiger charge is -2.23. The van der Waals surface area contributed by atoms with E-state index in [-0.39, 0.29) is 18.4 Å². The van der Waals surface area contributed by atoms with Crippen LogP contribution in [0.3, 0.4) is 0 Å². The molecular formula is C9H16ClF3N2O2. The van der Waals surface area contributed by atoms with Gasteiger partial charge >= 0.3 is 6.18 Å². The molecule has 1 N–H and O–H groups in total.